The fourth-order valence-corrected chi connectivity index (χ4v) is 1.17. The summed E-state index contributed by atoms with van der Waals surface area (Å²) < 4.78 is 0. The lowest BCUT2D eigenvalue weighted by atomic mass is 10.0. The Morgan fingerprint density at radius 1 is 1.67 bits per heavy atom. The van der Waals surface area contributed by atoms with Crippen LogP contribution in [0.15, 0.2) is 17.3 Å². The van der Waals surface area contributed by atoms with Crippen molar-refractivity contribution in [2.45, 2.75) is 25.3 Å². The highest BCUT2D eigenvalue weighted by atomic mass is 16.2. The van der Waals surface area contributed by atoms with Crippen molar-refractivity contribution < 1.29 is 4.79 Å². The Hall–Kier alpha value is -1.48. The molecule has 2 amide bonds. The van der Waals surface area contributed by atoms with E-state index in [2.05, 4.69) is 21.4 Å². The maximum absolute atomic E-state index is 10.8. The quantitative estimate of drug-likeness (QED) is 0.275. The van der Waals surface area contributed by atoms with Crippen LogP contribution in [0.2, 0.25) is 0 Å². The number of hydrogen-bond donors (Lipinski definition) is 1. The zero-order chi connectivity index (χ0) is 8.81. The molecule has 1 rings (SSSR count). The van der Waals surface area contributed by atoms with Crippen LogP contribution < -0.4 is 5.32 Å². The van der Waals surface area contributed by atoms with Gasteiger partial charge in [-0.2, -0.15) is 0 Å². The molecule has 1 aliphatic carbocycles. The number of hydrogen-bond acceptors (Lipinski definition) is 1. The van der Waals surface area contributed by atoms with Gasteiger partial charge in [-0.05, 0) is 24.8 Å². The second-order valence-electron chi connectivity index (χ2n) is 2.62. The highest BCUT2D eigenvalue weighted by Crippen LogP contribution is 2.10. The molecule has 5 heteroatoms. The lowest BCUT2D eigenvalue weighted by Gasteiger charge is -2.17. The van der Waals surface area contributed by atoms with Crippen molar-refractivity contribution in [2.75, 3.05) is 0 Å². The molecule has 1 atom stereocenters. The minimum atomic E-state index is -0.585. The number of urea groups is 1. The monoisotopic (exact) mass is 166 g/mol. The van der Waals surface area contributed by atoms with Crippen LogP contribution in [-0.2, 0) is 0 Å². The Balaban J connectivity index is 2.35. The normalized spacial score (nSPS) is 21.2. The summed E-state index contributed by atoms with van der Waals surface area (Å²) in [5.41, 5.74) is 7.95. The van der Waals surface area contributed by atoms with Crippen molar-refractivity contribution in [3.05, 3.63) is 22.6 Å². The number of nitrogens with zero attached hydrogens (tertiary/aromatic N) is 3. The van der Waals surface area contributed by atoms with E-state index in [9.17, 15) is 4.79 Å². The van der Waals surface area contributed by atoms with Crippen molar-refractivity contribution in [3.8, 4) is 0 Å². The molecular formula is C7H10N4O. The molecule has 64 valence electrons. The van der Waals surface area contributed by atoms with Gasteiger partial charge in [0.05, 0.1) is 0 Å². The molecule has 0 saturated carbocycles. The fourth-order valence-electron chi connectivity index (χ4n) is 1.17. The number of nitrogens with one attached hydrogen (secondary N) is 1. The highest BCUT2D eigenvalue weighted by molar-refractivity contribution is 5.75. The van der Waals surface area contributed by atoms with Crippen LogP contribution >= 0.6 is 0 Å². The molecule has 0 aromatic heterocycles. The molecule has 1 aliphatic rings. The number of carbonyl (C=O) groups is 1. The van der Waals surface area contributed by atoms with E-state index in [0.29, 0.717) is 0 Å². The number of azide groups is 1. The molecule has 0 aromatic carbocycles. The second kappa shape index (κ2) is 4.41. The zero-order valence-corrected chi connectivity index (χ0v) is 6.60. The van der Waals surface area contributed by atoms with E-state index in [1.165, 1.54) is 0 Å². The van der Waals surface area contributed by atoms with Crippen LogP contribution in [0.5, 0.6) is 0 Å². The van der Waals surface area contributed by atoms with Crippen molar-refractivity contribution in [3.63, 3.8) is 0 Å². The minimum absolute atomic E-state index is 0.132. The molecule has 1 unspecified atom stereocenters. The Morgan fingerprint density at radius 2 is 2.50 bits per heavy atom. The maximum atomic E-state index is 10.8. The van der Waals surface area contributed by atoms with E-state index in [4.69, 9.17) is 5.53 Å². The Bertz CT molecular complexity index is 242. The Kier molecular flexibility index (Phi) is 3.17. The predicted molar refractivity (Wildman–Crippen MR) is 44.5 cm³/mol. The van der Waals surface area contributed by atoms with Crippen LogP contribution in [0.3, 0.4) is 0 Å². The molecule has 0 aromatic rings. The van der Waals surface area contributed by atoms with Crippen LogP contribution in [0.4, 0.5) is 4.79 Å². The fraction of sp³-hybridized carbons (Fsp3) is 0.571. The van der Waals surface area contributed by atoms with Crippen molar-refractivity contribution in [1.29, 1.82) is 0 Å². The summed E-state index contributed by atoms with van der Waals surface area (Å²) in [5, 5.41) is 5.53. The molecule has 0 radical (unpaired) electrons. The first-order chi connectivity index (χ1) is 5.83. The molecule has 5 nitrogen and oxygen atoms in total. The summed E-state index contributed by atoms with van der Waals surface area (Å²) in [7, 11) is 0. The first-order valence-electron chi connectivity index (χ1n) is 3.83. The molecular weight excluding hydrogens is 156 g/mol. The van der Waals surface area contributed by atoms with E-state index < -0.39 is 6.03 Å². The van der Waals surface area contributed by atoms with E-state index in [-0.39, 0.29) is 6.04 Å². The average molecular weight is 166 g/mol. The molecule has 1 N–H and O–H groups in total. The number of carbonyl (C=O) groups excluding carboxylic acids is 1. The number of rotatable bonds is 1. The average Bonchev–Trinajstić information content (AvgIpc) is 2.06. The first kappa shape index (κ1) is 8.62. The Labute approximate surface area is 70.1 Å². The van der Waals surface area contributed by atoms with Gasteiger partial charge in [0.2, 0.25) is 0 Å². The molecule has 0 aliphatic heterocycles. The van der Waals surface area contributed by atoms with Gasteiger partial charge in [-0.25, -0.2) is 0 Å². The molecule has 0 bridgehead atoms. The van der Waals surface area contributed by atoms with Gasteiger partial charge >= 0.3 is 6.03 Å². The molecule has 0 saturated heterocycles. The molecule has 0 spiro atoms. The SMILES string of the molecule is [N-]=[N+]=NC(=O)NC1CC=CCC1. The standard InChI is InChI=1S/C7H10N4O/c8-11-10-7(12)9-6-4-2-1-3-5-6/h1-2,6H,3-5H2,(H,9,12). The minimum Gasteiger partial charge on any atom is -0.347 e. The summed E-state index contributed by atoms with van der Waals surface area (Å²) >= 11 is 0. The molecule has 12 heavy (non-hydrogen) atoms. The second-order valence-corrected chi connectivity index (χ2v) is 2.62. The van der Waals surface area contributed by atoms with E-state index >= 15 is 0 Å². The Morgan fingerprint density at radius 3 is 3.08 bits per heavy atom. The number of allylic oxidation sites excluding steroid dienone is 1. The smallest absolute Gasteiger partial charge is 0.308 e. The van der Waals surface area contributed by atoms with E-state index in [1.54, 1.807) is 0 Å². The number of amides is 2. The summed E-state index contributed by atoms with van der Waals surface area (Å²) in [5.74, 6) is 0. The first-order valence-corrected chi connectivity index (χ1v) is 3.83. The lowest BCUT2D eigenvalue weighted by Crippen LogP contribution is -2.32. The summed E-state index contributed by atoms with van der Waals surface area (Å²) in [6, 6.07) is -0.453. The predicted octanol–water partition coefficient (Wildman–Crippen LogP) is 2.12. The third-order valence-electron chi connectivity index (χ3n) is 1.73. The van der Waals surface area contributed by atoms with Gasteiger partial charge in [0.1, 0.15) is 0 Å². The van der Waals surface area contributed by atoms with Gasteiger partial charge in [0.25, 0.3) is 0 Å². The summed E-state index contributed by atoms with van der Waals surface area (Å²) in [6.07, 6.45) is 6.82. The maximum Gasteiger partial charge on any atom is 0.308 e. The van der Waals surface area contributed by atoms with Gasteiger partial charge in [-0.3, -0.25) is 4.79 Å². The van der Waals surface area contributed by atoms with Gasteiger partial charge < -0.3 is 5.32 Å². The van der Waals surface area contributed by atoms with Crippen LogP contribution in [0.1, 0.15) is 19.3 Å². The van der Waals surface area contributed by atoms with Crippen LogP contribution in [0.25, 0.3) is 10.4 Å². The zero-order valence-electron chi connectivity index (χ0n) is 6.60. The lowest BCUT2D eigenvalue weighted by molar-refractivity contribution is 0.244. The largest absolute Gasteiger partial charge is 0.347 e. The van der Waals surface area contributed by atoms with Crippen molar-refractivity contribution in [2.24, 2.45) is 5.11 Å². The van der Waals surface area contributed by atoms with Crippen molar-refractivity contribution in [1.82, 2.24) is 5.32 Å². The summed E-state index contributed by atoms with van der Waals surface area (Å²) in [6.45, 7) is 0. The summed E-state index contributed by atoms with van der Waals surface area (Å²) in [4.78, 5) is 13.2. The van der Waals surface area contributed by atoms with Crippen molar-refractivity contribution >= 4 is 6.03 Å². The van der Waals surface area contributed by atoms with Gasteiger partial charge in [-0.15, -0.1) is 0 Å². The molecule has 0 fully saturated rings. The topological polar surface area (TPSA) is 77.9 Å². The van der Waals surface area contributed by atoms with E-state index in [1.807, 2.05) is 6.08 Å². The van der Waals surface area contributed by atoms with E-state index in [0.717, 1.165) is 19.3 Å². The third-order valence-corrected chi connectivity index (χ3v) is 1.73. The van der Waals surface area contributed by atoms with Crippen LogP contribution in [0, 0.1) is 0 Å². The molecule has 0 heterocycles. The highest BCUT2D eigenvalue weighted by Gasteiger charge is 2.10. The van der Waals surface area contributed by atoms with Gasteiger partial charge in [-0.1, -0.05) is 12.2 Å². The van der Waals surface area contributed by atoms with Gasteiger partial charge in [0, 0.05) is 16.1 Å². The van der Waals surface area contributed by atoms with Gasteiger partial charge in [0.15, 0.2) is 0 Å². The van der Waals surface area contributed by atoms with Crippen LogP contribution in [-0.4, -0.2) is 12.1 Å². The third kappa shape index (κ3) is 2.64.